The average molecular weight is 158 g/mol. The van der Waals surface area contributed by atoms with Gasteiger partial charge in [-0.1, -0.05) is 6.08 Å². The van der Waals surface area contributed by atoms with Crippen molar-refractivity contribution in [2.24, 2.45) is 0 Å². The molecule has 10 heavy (non-hydrogen) atoms. The predicted octanol–water partition coefficient (Wildman–Crippen LogP) is 1.55. The van der Waals surface area contributed by atoms with Crippen LogP contribution in [-0.4, -0.2) is 23.6 Å². The minimum Gasteiger partial charge on any atom is -0.477 e. The zero-order valence-corrected chi connectivity index (χ0v) is 6.81. The molecule has 56 valence electrons. The second kappa shape index (κ2) is 2.16. The Morgan fingerprint density at radius 3 is 2.40 bits per heavy atom. The van der Waals surface area contributed by atoms with Gasteiger partial charge in [0.25, 0.3) is 0 Å². The predicted molar refractivity (Wildman–Crippen MR) is 44.3 cm³/mol. The Kier molecular flexibility index (Phi) is 1.60. The van der Waals surface area contributed by atoms with Crippen LogP contribution in [-0.2, 0) is 4.79 Å². The Bertz CT molecular complexity index is 226. The lowest BCUT2D eigenvalue weighted by Gasteiger charge is -2.23. The highest BCUT2D eigenvalue weighted by molar-refractivity contribution is 8.38. The fourth-order valence-electron chi connectivity index (χ4n) is 0.868. The fraction of sp³-hybridized carbons (Fsp3) is 0.286. The summed E-state index contributed by atoms with van der Waals surface area (Å²) in [6.07, 6.45) is 7.43. The lowest BCUT2D eigenvalue weighted by Crippen LogP contribution is -2.04. The largest absolute Gasteiger partial charge is 0.477 e. The quantitative estimate of drug-likeness (QED) is 0.628. The molecule has 0 unspecified atom stereocenters. The summed E-state index contributed by atoms with van der Waals surface area (Å²) in [6, 6.07) is 0. The van der Waals surface area contributed by atoms with Crippen LogP contribution in [0.2, 0.25) is 0 Å². The molecule has 3 heteroatoms. The number of carboxylic acid groups (broad SMARTS) is 1. The smallest absolute Gasteiger partial charge is 0.340 e. The molecule has 0 atom stereocenters. The van der Waals surface area contributed by atoms with Gasteiger partial charge >= 0.3 is 5.97 Å². The Hall–Kier alpha value is -0.700. The zero-order chi connectivity index (χ0) is 7.78. The van der Waals surface area contributed by atoms with Crippen LogP contribution in [0.5, 0.6) is 0 Å². The third-order valence-electron chi connectivity index (χ3n) is 1.44. The van der Waals surface area contributed by atoms with Crippen molar-refractivity contribution < 1.29 is 9.90 Å². The molecule has 0 aromatic heterocycles. The summed E-state index contributed by atoms with van der Waals surface area (Å²) in [7, 11) is -1.11. The summed E-state index contributed by atoms with van der Waals surface area (Å²) in [4.78, 5) is 11.1. The SMILES string of the molecule is CS1(C)C=CC=C1C(=O)O. The molecule has 0 aromatic carbocycles. The van der Waals surface area contributed by atoms with Crippen molar-refractivity contribution in [1.82, 2.24) is 0 Å². The molecule has 0 amide bonds. The summed E-state index contributed by atoms with van der Waals surface area (Å²) in [6.45, 7) is 0. The number of hydrogen-bond acceptors (Lipinski definition) is 1. The van der Waals surface area contributed by atoms with Gasteiger partial charge in [0.2, 0.25) is 0 Å². The van der Waals surface area contributed by atoms with Crippen LogP contribution in [0.1, 0.15) is 0 Å². The average Bonchev–Trinajstić information content (AvgIpc) is 2.08. The monoisotopic (exact) mass is 158 g/mol. The van der Waals surface area contributed by atoms with Gasteiger partial charge in [-0.05, 0) is 24.0 Å². The normalized spacial score (nSPS) is 24.0. The van der Waals surface area contributed by atoms with E-state index in [1.165, 1.54) is 0 Å². The van der Waals surface area contributed by atoms with Gasteiger partial charge in [-0.3, -0.25) is 0 Å². The number of carbonyl (C=O) groups is 1. The first-order chi connectivity index (χ1) is 4.54. The van der Waals surface area contributed by atoms with Gasteiger partial charge in [-0.15, -0.1) is 0 Å². The van der Waals surface area contributed by atoms with Crippen LogP contribution < -0.4 is 0 Å². The highest BCUT2D eigenvalue weighted by Gasteiger charge is 2.23. The molecular weight excluding hydrogens is 148 g/mol. The number of rotatable bonds is 1. The van der Waals surface area contributed by atoms with Crippen LogP contribution in [0.15, 0.2) is 22.5 Å². The Morgan fingerprint density at radius 1 is 1.60 bits per heavy atom. The third-order valence-corrected chi connectivity index (χ3v) is 3.73. The van der Waals surface area contributed by atoms with Crippen LogP contribution in [0.3, 0.4) is 0 Å². The van der Waals surface area contributed by atoms with E-state index in [0.717, 1.165) is 0 Å². The van der Waals surface area contributed by atoms with Crippen LogP contribution in [0.4, 0.5) is 0 Å². The summed E-state index contributed by atoms with van der Waals surface area (Å²) in [5.74, 6) is -0.787. The molecule has 2 nitrogen and oxygen atoms in total. The van der Waals surface area contributed by atoms with Gasteiger partial charge in [0.15, 0.2) is 0 Å². The van der Waals surface area contributed by atoms with E-state index in [1.54, 1.807) is 6.08 Å². The van der Waals surface area contributed by atoms with E-state index in [4.69, 9.17) is 5.11 Å². The molecular formula is C7H10O2S. The molecule has 0 saturated carbocycles. The van der Waals surface area contributed by atoms with E-state index in [2.05, 4.69) is 0 Å². The fourth-order valence-corrected chi connectivity index (χ4v) is 2.37. The van der Waals surface area contributed by atoms with Gasteiger partial charge in [0, 0.05) is 0 Å². The first-order valence-corrected chi connectivity index (χ1v) is 5.40. The number of carboxylic acids is 1. The Labute approximate surface area is 61.6 Å². The highest BCUT2D eigenvalue weighted by atomic mass is 32.3. The lowest BCUT2D eigenvalue weighted by molar-refractivity contribution is -0.131. The van der Waals surface area contributed by atoms with Crippen molar-refractivity contribution in [3.8, 4) is 0 Å². The Balaban J connectivity index is 2.93. The van der Waals surface area contributed by atoms with Gasteiger partial charge < -0.3 is 5.11 Å². The van der Waals surface area contributed by atoms with Crippen molar-refractivity contribution in [2.45, 2.75) is 0 Å². The summed E-state index contributed by atoms with van der Waals surface area (Å²) in [5, 5.41) is 10.6. The maximum atomic E-state index is 10.5. The molecule has 1 aliphatic heterocycles. The van der Waals surface area contributed by atoms with Crippen molar-refractivity contribution in [1.29, 1.82) is 0 Å². The molecule has 0 spiro atoms. The molecule has 0 aliphatic carbocycles. The zero-order valence-electron chi connectivity index (χ0n) is 6.00. The maximum absolute atomic E-state index is 10.5. The highest BCUT2D eigenvalue weighted by Crippen LogP contribution is 2.53. The van der Waals surface area contributed by atoms with Gasteiger partial charge in [-0.25, -0.2) is 4.79 Å². The first kappa shape index (κ1) is 7.41. The standard InChI is InChI=1S/C7H10O2S/c1-10(2)5-3-4-6(10)7(8)9/h3-5H,1-2H3,(H,8,9). The van der Waals surface area contributed by atoms with Crippen LogP contribution in [0, 0.1) is 0 Å². The van der Waals surface area contributed by atoms with E-state index < -0.39 is 16.0 Å². The third kappa shape index (κ3) is 1.09. The van der Waals surface area contributed by atoms with Gasteiger partial charge in [0.05, 0.1) is 4.91 Å². The van der Waals surface area contributed by atoms with E-state index >= 15 is 0 Å². The number of aliphatic carboxylic acids is 1. The summed E-state index contributed by atoms with van der Waals surface area (Å²) < 4.78 is 0. The second-order valence-electron chi connectivity index (χ2n) is 2.57. The number of allylic oxidation sites excluding steroid dienone is 2. The molecule has 0 aromatic rings. The number of hydrogen-bond donors (Lipinski definition) is 1. The Morgan fingerprint density at radius 2 is 2.20 bits per heavy atom. The molecule has 0 fully saturated rings. The summed E-state index contributed by atoms with van der Waals surface area (Å²) >= 11 is 0. The first-order valence-electron chi connectivity index (χ1n) is 2.89. The molecule has 0 radical (unpaired) electrons. The molecule has 1 aliphatic rings. The van der Waals surface area contributed by atoms with Crippen LogP contribution >= 0.6 is 10.0 Å². The van der Waals surface area contributed by atoms with Crippen molar-refractivity contribution in [3.63, 3.8) is 0 Å². The van der Waals surface area contributed by atoms with Crippen LogP contribution in [0.25, 0.3) is 0 Å². The van der Waals surface area contributed by atoms with E-state index in [-0.39, 0.29) is 0 Å². The van der Waals surface area contributed by atoms with Crippen molar-refractivity contribution in [3.05, 3.63) is 22.5 Å². The second-order valence-corrected chi connectivity index (χ2v) is 6.09. The van der Waals surface area contributed by atoms with E-state index in [1.807, 2.05) is 24.0 Å². The minimum atomic E-state index is -1.11. The van der Waals surface area contributed by atoms with E-state index in [9.17, 15) is 4.79 Å². The van der Waals surface area contributed by atoms with Crippen molar-refractivity contribution >= 4 is 16.0 Å². The molecule has 1 N–H and O–H groups in total. The van der Waals surface area contributed by atoms with Gasteiger partial charge in [0.1, 0.15) is 0 Å². The van der Waals surface area contributed by atoms with Crippen molar-refractivity contribution in [2.75, 3.05) is 12.5 Å². The van der Waals surface area contributed by atoms with Gasteiger partial charge in [-0.2, -0.15) is 10.0 Å². The minimum absolute atomic E-state index is 0.549. The maximum Gasteiger partial charge on any atom is 0.340 e. The summed E-state index contributed by atoms with van der Waals surface area (Å²) in [5.41, 5.74) is 0. The topological polar surface area (TPSA) is 37.3 Å². The molecule has 1 rings (SSSR count). The lowest BCUT2D eigenvalue weighted by atomic mass is 10.5. The molecule has 0 saturated heterocycles. The van der Waals surface area contributed by atoms with E-state index in [0.29, 0.717) is 4.91 Å². The molecule has 1 heterocycles. The molecule has 0 bridgehead atoms.